The molecule has 3 heterocycles. The van der Waals surface area contributed by atoms with Crippen LogP contribution in [0.4, 0.5) is 0 Å². The molecule has 5 aromatic rings. The summed E-state index contributed by atoms with van der Waals surface area (Å²) >= 11 is 0. The van der Waals surface area contributed by atoms with Crippen LogP contribution in [0, 0.1) is 6.92 Å². The van der Waals surface area contributed by atoms with Gasteiger partial charge in [0.2, 0.25) is 0 Å². The van der Waals surface area contributed by atoms with Gasteiger partial charge in [0.15, 0.2) is 0 Å². The second kappa shape index (κ2) is 10.3. The summed E-state index contributed by atoms with van der Waals surface area (Å²) in [7, 11) is 2.76. The summed E-state index contributed by atoms with van der Waals surface area (Å²) in [6, 6.07) is 34.9. The van der Waals surface area contributed by atoms with Gasteiger partial charge in [0, 0.05) is 16.8 Å². The minimum absolute atomic E-state index is 0.812. The van der Waals surface area contributed by atoms with E-state index in [0.29, 0.717) is 0 Å². The van der Waals surface area contributed by atoms with E-state index >= 15 is 0 Å². The van der Waals surface area contributed by atoms with Gasteiger partial charge in [-0.1, -0.05) is 76.0 Å². The molecule has 0 aliphatic carbocycles. The van der Waals surface area contributed by atoms with Crippen LogP contribution in [-0.2, 0) is 0 Å². The molecule has 0 N–H and O–H groups in total. The van der Waals surface area contributed by atoms with Crippen molar-refractivity contribution in [1.29, 1.82) is 0 Å². The summed E-state index contributed by atoms with van der Waals surface area (Å²) in [5, 5.41) is 9.85. The third-order valence-electron chi connectivity index (χ3n) is 6.06. The van der Waals surface area contributed by atoms with Crippen molar-refractivity contribution in [3.05, 3.63) is 120 Å². The normalized spacial score (nSPS) is 12.2. The zero-order chi connectivity index (χ0) is 25.1. The van der Waals surface area contributed by atoms with Crippen molar-refractivity contribution in [2.45, 2.75) is 20.8 Å². The maximum absolute atomic E-state index is 4.93. The van der Waals surface area contributed by atoms with E-state index in [0.717, 1.165) is 56.5 Å². The molecule has 6 heteroatoms. The van der Waals surface area contributed by atoms with Crippen molar-refractivity contribution in [2.24, 2.45) is 10.2 Å². The van der Waals surface area contributed by atoms with Crippen LogP contribution in [0.15, 0.2) is 113 Å². The standard InChI is InChI=1S/C30H28N5P/c1-21-17-18-28(24-11-6-4-7-12-24)34(21)32-22(2)26-15-10-16-27(31-26)23(3)33-35-29(19-20-30(35)36)25-13-8-5-9-14-25/h4-20H,36H2,1-3H3/b32-22+,33-23+. The molecule has 5 rings (SSSR count). The summed E-state index contributed by atoms with van der Waals surface area (Å²) in [6.45, 7) is 6.04. The van der Waals surface area contributed by atoms with Crippen molar-refractivity contribution in [3.8, 4) is 22.5 Å². The molecule has 0 spiro atoms. The molecular formula is C30H28N5P. The van der Waals surface area contributed by atoms with E-state index in [1.54, 1.807) is 0 Å². The average molecular weight is 490 g/mol. The first-order valence-electron chi connectivity index (χ1n) is 11.9. The Hall–Kier alpha value is -4.08. The van der Waals surface area contributed by atoms with Gasteiger partial charge in [-0.3, -0.25) is 0 Å². The van der Waals surface area contributed by atoms with Crippen molar-refractivity contribution in [1.82, 2.24) is 14.3 Å². The lowest BCUT2D eigenvalue weighted by Gasteiger charge is -2.10. The fraction of sp³-hybridized carbons (Fsp3) is 0.100. The van der Waals surface area contributed by atoms with Gasteiger partial charge < -0.3 is 0 Å². The van der Waals surface area contributed by atoms with Gasteiger partial charge in [-0.2, -0.15) is 10.2 Å². The minimum atomic E-state index is 0.812. The van der Waals surface area contributed by atoms with Crippen LogP contribution in [0.5, 0.6) is 0 Å². The molecule has 0 fully saturated rings. The van der Waals surface area contributed by atoms with E-state index in [-0.39, 0.29) is 0 Å². The highest BCUT2D eigenvalue weighted by atomic mass is 31.0. The highest BCUT2D eigenvalue weighted by Crippen LogP contribution is 2.23. The quantitative estimate of drug-likeness (QED) is 0.202. The number of rotatable bonds is 6. The van der Waals surface area contributed by atoms with Crippen LogP contribution in [0.1, 0.15) is 30.9 Å². The van der Waals surface area contributed by atoms with Crippen LogP contribution in [0.2, 0.25) is 0 Å². The summed E-state index contributed by atoms with van der Waals surface area (Å²) < 4.78 is 3.92. The molecule has 0 aliphatic heterocycles. The average Bonchev–Trinajstić information content (AvgIpc) is 3.47. The fourth-order valence-corrected chi connectivity index (χ4v) is 4.41. The van der Waals surface area contributed by atoms with Gasteiger partial charge >= 0.3 is 0 Å². The topological polar surface area (TPSA) is 47.5 Å². The van der Waals surface area contributed by atoms with Crippen LogP contribution >= 0.6 is 9.24 Å². The molecular weight excluding hydrogens is 461 g/mol. The number of hydrogen-bond acceptors (Lipinski definition) is 3. The fourth-order valence-electron chi connectivity index (χ4n) is 4.11. The Morgan fingerprint density at radius 2 is 1.11 bits per heavy atom. The molecule has 0 amide bonds. The Balaban J connectivity index is 1.49. The largest absolute Gasteiger partial charge is 0.245 e. The van der Waals surface area contributed by atoms with Gasteiger partial charge in [0.05, 0.1) is 39.6 Å². The highest BCUT2D eigenvalue weighted by molar-refractivity contribution is 7.27. The first kappa shape index (κ1) is 23.7. The SMILES string of the molecule is C/C(=N\n1c(C)ccc1-c1ccccc1)c1cccc(/C(C)=N/n2c(P)ccc2-c2ccccc2)n1. The molecule has 0 saturated carbocycles. The zero-order valence-electron chi connectivity index (χ0n) is 20.6. The molecule has 3 aromatic heterocycles. The number of nitrogens with zero attached hydrogens (tertiary/aromatic N) is 5. The first-order valence-corrected chi connectivity index (χ1v) is 12.4. The predicted molar refractivity (Wildman–Crippen MR) is 153 cm³/mol. The summed E-state index contributed by atoms with van der Waals surface area (Å²) in [6.07, 6.45) is 0. The lowest BCUT2D eigenvalue weighted by molar-refractivity contribution is 0.854. The van der Waals surface area contributed by atoms with Gasteiger partial charge in [-0.15, -0.1) is 0 Å². The van der Waals surface area contributed by atoms with Gasteiger partial charge in [0.1, 0.15) is 0 Å². The van der Waals surface area contributed by atoms with Crippen LogP contribution < -0.4 is 5.44 Å². The zero-order valence-corrected chi connectivity index (χ0v) is 21.8. The lowest BCUT2D eigenvalue weighted by atomic mass is 10.2. The Kier molecular flexibility index (Phi) is 6.75. The molecule has 0 radical (unpaired) electrons. The number of pyridine rings is 1. The van der Waals surface area contributed by atoms with Crippen LogP contribution in [0.25, 0.3) is 22.5 Å². The molecule has 178 valence electrons. The van der Waals surface area contributed by atoms with Crippen LogP contribution in [-0.4, -0.2) is 25.8 Å². The Morgan fingerprint density at radius 1 is 0.611 bits per heavy atom. The monoisotopic (exact) mass is 489 g/mol. The second-order valence-corrected chi connectivity index (χ2v) is 9.23. The van der Waals surface area contributed by atoms with E-state index in [2.05, 4.69) is 58.6 Å². The maximum Gasteiger partial charge on any atom is 0.0867 e. The van der Waals surface area contributed by atoms with E-state index in [1.807, 2.05) is 83.9 Å². The lowest BCUT2D eigenvalue weighted by Crippen LogP contribution is -2.12. The third-order valence-corrected chi connectivity index (χ3v) is 6.50. The summed E-state index contributed by atoms with van der Waals surface area (Å²) in [5.74, 6) is 0. The predicted octanol–water partition coefficient (Wildman–Crippen LogP) is 6.37. The van der Waals surface area contributed by atoms with Crippen molar-refractivity contribution in [3.63, 3.8) is 0 Å². The molecule has 5 nitrogen and oxygen atoms in total. The maximum atomic E-state index is 4.93. The van der Waals surface area contributed by atoms with Gasteiger partial charge in [-0.05, 0) is 57.2 Å². The first-order chi connectivity index (χ1) is 17.5. The molecule has 0 saturated heterocycles. The van der Waals surface area contributed by atoms with E-state index in [4.69, 9.17) is 15.2 Å². The molecule has 0 bridgehead atoms. The molecule has 1 unspecified atom stereocenters. The van der Waals surface area contributed by atoms with Crippen molar-refractivity contribution < 1.29 is 0 Å². The minimum Gasteiger partial charge on any atom is -0.245 e. The number of hydrogen-bond donors (Lipinski definition) is 0. The smallest absolute Gasteiger partial charge is 0.0867 e. The van der Waals surface area contributed by atoms with Crippen molar-refractivity contribution >= 4 is 26.1 Å². The van der Waals surface area contributed by atoms with Gasteiger partial charge in [-0.25, -0.2) is 14.3 Å². The van der Waals surface area contributed by atoms with E-state index < -0.39 is 0 Å². The van der Waals surface area contributed by atoms with E-state index in [9.17, 15) is 0 Å². The Morgan fingerprint density at radius 3 is 1.69 bits per heavy atom. The molecule has 2 aromatic carbocycles. The van der Waals surface area contributed by atoms with Gasteiger partial charge in [0.25, 0.3) is 0 Å². The Labute approximate surface area is 214 Å². The number of aromatic nitrogens is 3. The number of aryl methyl sites for hydroxylation is 1. The third kappa shape index (κ3) is 4.84. The molecule has 1 atom stereocenters. The summed E-state index contributed by atoms with van der Waals surface area (Å²) in [4.78, 5) is 4.90. The molecule has 36 heavy (non-hydrogen) atoms. The molecule has 0 aliphatic rings. The summed E-state index contributed by atoms with van der Waals surface area (Å²) in [5.41, 5.74) is 9.66. The number of benzene rings is 2. The second-order valence-electron chi connectivity index (χ2n) is 8.64. The van der Waals surface area contributed by atoms with E-state index in [1.165, 1.54) is 0 Å². The Bertz CT molecular complexity index is 1440. The highest BCUT2D eigenvalue weighted by Gasteiger charge is 2.11. The van der Waals surface area contributed by atoms with Crippen molar-refractivity contribution in [2.75, 3.05) is 0 Å². The van der Waals surface area contributed by atoms with Crippen LogP contribution in [0.3, 0.4) is 0 Å².